The summed E-state index contributed by atoms with van der Waals surface area (Å²) in [5, 5.41) is 32.0. The number of rotatable bonds is 6. The van der Waals surface area contributed by atoms with Crippen LogP contribution in [0, 0.1) is 13.8 Å². The number of H-pyrrole nitrogens is 1. The van der Waals surface area contributed by atoms with E-state index in [1.165, 1.54) is 16.8 Å². The molecule has 5 rings (SSSR count). The van der Waals surface area contributed by atoms with Crippen LogP contribution < -0.4 is 5.56 Å². The average Bonchev–Trinajstić information content (AvgIpc) is 3.48. The van der Waals surface area contributed by atoms with Crippen molar-refractivity contribution in [2.75, 3.05) is 0 Å². The predicted octanol–water partition coefficient (Wildman–Crippen LogP) is 6.27. The van der Waals surface area contributed by atoms with Crippen LogP contribution in [0.4, 0.5) is 11.4 Å². The molecule has 0 bridgehead atoms. The van der Waals surface area contributed by atoms with E-state index >= 15 is 0 Å². The lowest BCUT2D eigenvalue weighted by Gasteiger charge is -2.07. The summed E-state index contributed by atoms with van der Waals surface area (Å²) in [5.41, 5.74) is 4.92. The Morgan fingerprint density at radius 3 is 2.42 bits per heavy atom. The monoisotopic (exact) mass is 507 g/mol. The SMILES string of the molecule is Cc1ccc(-n2[nH]c(-c3ccn(C)c3)c(N=Nc3cccc(-c4cccc(C(=O)O)c4)c3O)c2=O)cc1C. The van der Waals surface area contributed by atoms with E-state index in [1.54, 1.807) is 30.3 Å². The summed E-state index contributed by atoms with van der Waals surface area (Å²) in [7, 11) is 1.88. The molecule has 0 aliphatic carbocycles. The normalized spacial score (nSPS) is 11.3. The fourth-order valence-corrected chi connectivity index (χ4v) is 4.19. The third-order valence-electron chi connectivity index (χ3n) is 6.43. The van der Waals surface area contributed by atoms with Gasteiger partial charge in [0.15, 0.2) is 11.4 Å². The summed E-state index contributed by atoms with van der Waals surface area (Å²) in [5.74, 6) is -1.24. The third-order valence-corrected chi connectivity index (χ3v) is 6.43. The summed E-state index contributed by atoms with van der Waals surface area (Å²) < 4.78 is 3.29. The number of hydrogen-bond acceptors (Lipinski definition) is 5. The minimum absolute atomic E-state index is 0.0899. The molecular weight excluding hydrogens is 482 g/mol. The first-order valence-corrected chi connectivity index (χ1v) is 11.9. The van der Waals surface area contributed by atoms with Crippen LogP contribution in [0.5, 0.6) is 5.75 Å². The van der Waals surface area contributed by atoms with Gasteiger partial charge in [0.25, 0.3) is 5.56 Å². The molecule has 9 heteroatoms. The van der Waals surface area contributed by atoms with Crippen LogP contribution in [0.25, 0.3) is 28.1 Å². The van der Waals surface area contributed by atoms with Crippen LogP contribution in [0.3, 0.4) is 0 Å². The van der Waals surface area contributed by atoms with Crippen molar-refractivity contribution in [2.24, 2.45) is 17.3 Å². The van der Waals surface area contributed by atoms with Crippen LogP contribution in [-0.2, 0) is 7.05 Å². The number of nitrogens with zero attached hydrogens (tertiary/aromatic N) is 4. The molecular formula is C29H25N5O4. The van der Waals surface area contributed by atoms with E-state index in [0.717, 1.165) is 16.7 Å². The summed E-state index contributed by atoms with van der Waals surface area (Å²) in [6.45, 7) is 3.98. The van der Waals surface area contributed by atoms with Crippen molar-refractivity contribution in [2.45, 2.75) is 13.8 Å². The minimum Gasteiger partial charge on any atom is -0.505 e. The first-order valence-electron chi connectivity index (χ1n) is 11.9. The number of aromatic hydroxyl groups is 1. The zero-order chi connectivity index (χ0) is 27.0. The van der Waals surface area contributed by atoms with Crippen molar-refractivity contribution in [3.05, 3.63) is 106 Å². The molecule has 0 saturated heterocycles. The number of azo groups is 1. The standard InChI is InChI=1S/C29H25N5O4/c1-17-10-11-22(14-18(17)2)34-28(36)26(25(32-34)21-12-13-33(3)16-21)31-30-24-9-5-8-23(27(24)35)19-6-4-7-20(15-19)29(37)38/h4-16,32,35H,1-3H3,(H,37,38). The molecule has 9 nitrogen and oxygen atoms in total. The number of nitrogens with one attached hydrogen (secondary N) is 1. The molecule has 38 heavy (non-hydrogen) atoms. The Morgan fingerprint density at radius 1 is 0.921 bits per heavy atom. The highest BCUT2D eigenvalue weighted by molar-refractivity contribution is 5.90. The van der Waals surface area contributed by atoms with Crippen LogP contribution in [0.1, 0.15) is 21.5 Å². The number of phenolic OH excluding ortho intramolecular Hbond substituents is 1. The second-order valence-corrected chi connectivity index (χ2v) is 9.07. The van der Waals surface area contributed by atoms with Gasteiger partial charge in [-0.05, 0) is 66.9 Å². The zero-order valence-corrected chi connectivity index (χ0v) is 21.0. The second kappa shape index (κ2) is 9.70. The number of carboxylic acid groups (broad SMARTS) is 1. The summed E-state index contributed by atoms with van der Waals surface area (Å²) in [6, 6.07) is 18.8. The van der Waals surface area contributed by atoms with Crippen LogP contribution in [0.2, 0.25) is 0 Å². The van der Waals surface area contributed by atoms with Crippen LogP contribution in [0.15, 0.2) is 94.1 Å². The van der Waals surface area contributed by atoms with E-state index in [1.807, 2.05) is 62.1 Å². The molecule has 190 valence electrons. The number of aromatic carboxylic acids is 1. The number of para-hydroxylation sites is 1. The average molecular weight is 508 g/mol. The lowest BCUT2D eigenvalue weighted by molar-refractivity contribution is 0.0697. The smallest absolute Gasteiger partial charge is 0.335 e. The van der Waals surface area contributed by atoms with Crippen molar-refractivity contribution in [3.63, 3.8) is 0 Å². The molecule has 0 unspecified atom stereocenters. The zero-order valence-electron chi connectivity index (χ0n) is 21.0. The number of benzene rings is 3. The van der Waals surface area contributed by atoms with Gasteiger partial charge < -0.3 is 14.8 Å². The molecule has 0 saturated carbocycles. The number of aromatic nitrogens is 3. The third kappa shape index (κ3) is 4.53. The number of carbonyl (C=O) groups is 1. The fraction of sp³-hybridized carbons (Fsp3) is 0.103. The van der Waals surface area contributed by atoms with Gasteiger partial charge in [-0.2, -0.15) is 0 Å². The van der Waals surface area contributed by atoms with E-state index in [4.69, 9.17) is 0 Å². The molecule has 2 heterocycles. The second-order valence-electron chi connectivity index (χ2n) is 9.07. The molecule has 2 aromatic heterocycles. The summed E-state index contributed by atoms with van der Waals surface area (Å²) in [6.07, 6.45) is 3.73. The van der Waals surface area contributed by atoms with E-state index in [0.29, 0.717) is 22.5 Å². The number of hydrogen-bond donors (Lipinski definition) is 3. The molecule has 3 N–H and O–H groups in total. The Hall–Kier alpha value is -5.18. The van der Waals surface area contributed by atoms with Crippen molar-refractivity contribution in [1.29, 1.82) is 0 Å². The molecule has 0 amide bonds. The number of phenols is 1. The van der Waals surface area contributed by atoms with E-state index in [9.17, 15) is 19.8 Å². The maximum atomic E-state index is 13.5. The Bertz CT molecular complexity index is 1770. The first-order chi connectivity index (χ1) is 18.2. The highest BCUT2D eigenvalue weighted by Crippen LogP contribution is 2.38. The molecule has 5 aromatic rings. The molecule has 0 aliphatic rings. The van der Waals surface area contributed by atoms with Crippen molar-refractivity contribution in [1.82, 2.24) is 14.3 Å². The Morgan fingerprint density at radius 2 is 1.71 bits per heavy atom. The van der Waals surface area contributed by atoms with Crippen LogP contribution >= 0.6 is 0 Å². The van der Waals surface area contributed by atoms with Crippen molar-refractivity contribution in [3.8, 4) is 33.8 Å². The van der Waals surface area contributed by atoms with E-state index < -0.39 is 5.97 Å². The van der Waals surface area contributed by atoms with Gasteiger partial charge in [0.2, 0.25) is 0 Å². The highest BCUT2D eigenvalue weighted by atomic mass is 16.4. The topological polar surface area (TPSA) is 125 Å². The number of aromatic amines is 1. The van der Waals surface area contributed by atoms with Gasteiger partial charge in [0.05, 0.1) is 16.9 Å². The van der Waals surface area contributed by atoms with Gasteiger partial charge in [0.1, 0.15) is 5.69 Å². The van der Waals surface area contributed by atoms with Gasteiger partial charge in [-0.15, -0.1) is 10.2 Å². The minimum atomic E-state index is -1.07. The predicted molar refractivity (Wildman–Crippen MR) is 145 cm³/mol. The van der Waals surface area contributed by atoms with Crippen molar-refractivity contribution >= 4 is 17.3 Å². The fourth-order valence-electron chi connectivity index (χ4n) is 4.19. The van der Waals surface area contributed by atoms with Gasteiger partial charge in [0, 0.05) is 30.6 Å². The quantitative estimate of drug-likeness (QED) is 0.234. The van der Waals surface area contributed by atoms with E-state index in [2.05, 4.69) is 15.3 Å². The first kappa shape index (κ1) is 24.5. The molecule has 0 spiro atoms. The maximum Gasteiger partial charge on any atom is 0.335 e. The Kier molecular flexibility index (Phi) is 6.26. The largest absolute Gasteiger partial charge is 0.505 e. The summed E-state index contributed by atoms with van der Waals surface area (Å²) in [4.78, 5) is 24.9. The molecule has 0 atom stereocenters. The molecule has 0 fully saturated rings. The van der Waals surface area contributed by atoms with E-state index in [-0.39, 0.29) is 28.2 Å². The van der Waals surface area contributed by atoms with Gasteiger partial charge in [-0.1, -0.05) is 30.3 Å². The maximum absolute atomic E-state index is 13.5. The lowest BCUT2D eigenvalue weighted by Crippen LogP contribution is -2.14. The van der Waals surface area contributed by atoms with Gasteiger partial charge >= 0.3 is 5.97 Å². The van der Waals surface area contributed by atoms with Crippen LogP contribution in [-0.4, -0.2) is 30.5 Å². The number of carboxylic acids is 1. The molecule has 0 aliphatic heterocycles. The molecule has 3 aromatic carbocycles. The lowest BCUT2D eigenvalue weighted by atomic mass is 10.0. The number of aryl methyl sites for hydroxylation is 3. The van der Waals surface area contributed by atoms with Gasteiger partial charge in [-0.3, -0.25) is 9.89 Å². The van der Waals surface area contributed by atoms with Gasteiger partial charge in [-0.25, -0.2) is 9.48 Å². The Labute approximate surface area is 218 Å². The Balaban J connectivity index is 1.61. The van der Waals surface area contributed by atoms with Crippen molar-refractivity contribution < 1.29 is 15.0 Å². The molecule has 0 radical (unpaired) electrons. The summed E-state index contributed by atoms with van der Waals surface area (Å²) >= 11 is 0. The highest BCUT2D eigenvalue weighted by Gasteiger charge is 2.19.